The molecule has 0 fully saturated rings. The second kappa shape index (κ2) is 4.74. The van der Waals surface area contributed by atoms with Crippen LogP contribution in [0.3, 0.4) is 0 Å². The molecule has 1 heterocycles. The monoisotopic (exact) mass is 285 g/mol. The minimum atomic E-state index is -0.578. The van der Waals surface area contributed by atoms with Crippen molar-refractivity contribution in [3.63, 3.8) is 0 Å². The zero-order chi connectivity index (χ0) is 11.5. The third kappa shape index (κ3) is 2.14. The Morgan fingerprint density at radius 3 is 3.25 bits per heavy atom. The zero-order valence-corrected chi connectivity index (χ0v) is 10.4. The molecule has 0 radical (unpaired) electrons. The number of anilines is 1. The first-order valence-electron chi connectivity index (χ1n) is 5.08. The smallest absolute Gasteiger partial charge is 0.349 e. The lowest BCUT2D eigenvalue weighted by Gasteiger charge is -2.26. The summed E-state index contributed by atoms with van der Waals surface area (Å²) in [6, 6.07) is 5.68. The van der Waals surface area contributed by atoms with Crippen LogP contribution in [-0.2, 0) is 9.53 Å². The van der Waals surface area contributed by atoms with Crippen LogP contribution in [0.15, 0.2) is 22.7 Å². The van der Waals surface area contributed by atoms with Crippen molar-refractivity contribution in [2.24, 2.45) is 0 Å². The van der Waals surface area contributed by atoms with E-state index >= 15 is 0 Å². The van der Waals surface area contributed by atoms with E-state index in [1.165, 1.54) is 0 Å². The Morgan fingerprint density at radius 2 is 2.50 bits per heavy atom. The minimum absolute atomic E-state index is 0.337. The van der Waals surface area contributed by atoms with Crippen molar-refractivity contribution in [3.05, 3.63) is 22.7 Å². The molecule has 0 saturated heterocycles. The molecule has 1 atom stereocenters. The first kappa shape index (κ1) is 11.3. The molecule has 2 rings (SSSR count). The fraction of sp³-hybridized carbons (Fsp3) is 0.364. The number of benzene rings is 1. The van der Waals surface area contributed by atoms with Gasteiger partial charge in [-0.3, -0.25) is 0 Å². The SMILES string of the molecule is CCOC(=O)[C@@H]1CNc2cccc(Br)c2O1. The molecular weight excluding hydrogens is 274 g/mol. The Morgan fingerprint density at radius 1 is 1.69 bits per heavy atom. The first-order valence-corrected chi connectivity index (χ1v) is 5.87. The van der Waals surface area contributed by atoms with E-state index < -0.39 is 6.10 Å². The summed E-state index contributed by atoms with van der Waals surface area (Å²) in [6.45, 7) is 2.57. The Labute approximate surface area is 102 Å². The van der Waals surface area contributed by atoms with Crippen molar-refractivity contribution in [3.8, 4) is 5.75 Å². The third-order valence-electron chi connectivity index (χ3n) is 2.25. The van der Waals surface area contributed by atoms with Gasteiger partial charge in [0, 0.05) is 0 Å². The van der Waals surface area contributed by atoms with Crippen LogP contribution in [0.4, 0.5) is 5.69 Å². The van der Waals surface area contributed by atoms with Gasteiger partial charge in [-0.1, -0.05) is 6.07 Å². The summed E-state index contributed by atoms with van der Waals surface area (Å²) in [5.41, 5.74) is 0.884. The molecule has 1 N–H and O–H groups in total. The molecule has 86 valence electrons. The molecule has 1 aromatic carbocycles. The van der Waals surface area contributed by atoms with Crippen molar-refractivity contribution >= 4 is 27.6 Å². The van der Waals surface area contributed by atoms with Crippen LogP contribution in [0, 0.1) is 0 Å². The molecular formula is C11H12BrNO3. The van der Waals surface area contributed by atoms with Gasteiger partial charge in [0.1, 0.15) is 0 Å². The van der Waals surface area contributed by atoms with E-state index in [1.807, 2.05) is 18.2 Å². The molecule has 1 aromatic rings. The van der Waals surface area contributed by atoms with Gasteiger partial charge in [0.25, 0.3) is 0 Å². The number of para-hydroxylation sites is 1. The fourth-order valence-corrected chi connectivity index (χ4v) is 1.98. The van der Waals surface area contributed by atoms with Crippen molar-refractivity contribution in [1.29, 1.82) is 0 Å². The maximum Gasteiger partial charge on any atom is 0.349 e. The predicted molar refractivity (Wildman–Crippen MR) is 63.7 cm³/mol. The number of esters is 1. The average molecular weight is 286 g/mol. The van der Waals surface area contributed by atoms with Crippen LogP contribution < -0.4 is 10.1 Å². The number of halogens is 1. The highest BCUT2D eigenvalue weighted by molar-refractivity contribution is 9.10. The van der Waals surface area contributed by atoms with E-state index in [9.17, 15) is 4.79 Å². The number of hydrogen-bond donors (Lipinski definition) is 1. The molecule has 0 unspecified atom stereocenters. The highest BCUT2D eigenvalue weighted by Crippen LogP contribution is 2.36. The standard InChI is InChI=1S/C11H12BrNO3/c1-2-15-11(14)9-6-13-8-5-3-4-7(12)10(8)16-9/h3-5,9,13H,2,6H2,1H3/t9-/m0/s1. The maximum atomic E-state index is 11.5. The van der Waals surface area contributed by atoms with Crippen LogP contribution in [0.1, 0.15) is 6.92 Å². The summed E-state index contributed by atoms with van der Waals surface area (Å²) in [4.78, 5) is 11.5. The first-order chi connectivity index (χ1) is 7.72. The molecule has 0 aliphatic carbocycles. The number of rotatable bonds is 2. The Kier molecular flexibility index (Phi) is 3.33. The molecule has 4 nitrogen and oxygen atoms in total. The quantitative estimate of drug-likeness (QED) is 0.847. The average Bonchev–Trinajstić information content (AvgIpc) is 2.29. The van der Waals surface area contributed by atoms with Crippen LogP contribution in [0.5, 0.6) is 5.75 Å². The number of hydrogen-bond acceptors (Lipinski definition) is 4. The van der Waals surface area contributed by atoms with E-state index in [2.05, 4.69) is 21.2 Å². The van der Waals surface area contributed by atoms with Crippen LogP contribution in [-0.4, -0.2) is 25.2 Å². The van der Waals surface area contributed by atoms with Gasteiger partial charge in [-0.15, -0.1) is 0 Å². The predicted octanol–water partition coefficient (Wildman–Crippen LogP) is 2.19. The lowest BCUT2D eigenvalue weighted by atomic mass is 10.2. The largest absolute Gasteiger partial charge is 0.473 e. The summed E-state index contributed by atoms with van der Waals surface area (Å²) in [5, 5.41) is 3.14. The topological polar surface area (TPSA) is 47.6 Å². The van der Waals surface area contributed by atoms with Crippen molar-refractivity contribution in [2.75, 3.05) is 18.5 Å². The van der Waals surface area contributed by atoms with E-state index in [-0.39, 0.29) is 5.97 Å². The normalized spacial score (nSPS) is 18.0. The summed E-state index contributed by atoms with van der Waals surface area (Å²) in [5.74, 6) is 0.322. The van der Waals surface area contributed by atoms with Gasteiger partial charge in [-0.05, 0) is 35.0 Å². The number of fused-ring (bicyclic) bond motifs is 1. The number of nitrogens with one attached hydrogen (secondary N) is 1. The highest BCUT2D eigenvalue weighted by atomic mass is 79.9. The van der Waals surface area contributed by atoms with Gasteiger partial charge < -0.3 is 14.8 Å². The van der Waals surface area contributed by atoms with Crippen LogP contribution >= 0.6 is 15.9 Å². The molecule has 0 spiro atoms. The van der Waals surface area contributed by atoms with E-state index in [4.69, 9.17) is 9.47 Å². The lowest BCUT2D eigenvalue weighted by molar-refractivity contribution is -0.150. The van der Waals surface area contributed by atoms with Crippen LogP contribution in [0.25, 0.3) is 0 Å². The second-order valence-corrected chi connectivity index (χ2v) is 4.21. The summed E-state index contributed by atoms with van der Waals surface area (Å²) in [6.07, 6.45) is -0.578. The van der Waals surface area contributed by atoms with Crippen LogP contribution in [0.2, 0.25) is 0 Å². The van der Waals surface area contributed by atoms with Gasteiger partial charge in [-0.2, -0.15) is 0 Å². The summed E-state index contributed by atoms with van der Waals surface area (Å²) < 4.78 is 11.3. The molecule has 0 bridgehead atoms. The third-order valence-corrected chi connectivity index (χ3v) is 2.88. The van der Waals surface area contributed by atoms with Gasteiger partial charge in [0.15, 0.2) is 5.75 Å². The summed E-state index contributed by atoms with van der Waals surface area (Å²) in [7, 11) is 0. The lowest BCUT2D eigenvalue weighted by Crippen LogP contribution is -2.39. The molecule has 0 amide bonds. The van der Waals surface area contributed by atoms with Gasteiger partial charge in [-0.25, -0.2) is 4.79 Å². The number of carbonyl (C=O) groups excluding carboxylic acids is 1. The van der Waals surface area contributed by atoms with Gasteiger partial charge in [0.2, 0.25) is 6.10 Å². The fourth-order valence-electron chi connectivity index (χ4n) is 1.52. The van der Waals surface area contributed by atoms with E-state index in [1.54, 1.807) is 6.92 Å². The van der Waals surface area contributed by atoms with Crippen molar-refractivity contribution in [1.82, 2.24) is 0 Å². The molecule has 1 aliphatic heterocycles. The maximum absolute atomic E-state index is 11.5. The van der Waals surface area contributed by atoms with Crippen molar-refractivity contribution < 1.29 is 14.3 Å². The molecule has 5 heteroatoms. The number of ether oxygens (including phenoxy) is 2. The van der Waals surface area contributed by atoms with Crippen molar-refractivity contribution in [2.45, 2.75) is 13.0 Å². The minimum Gasteiger partial charge on any atom is -0.473 e. The molecule has 1 aliphatic rings. The Bertz CT molecular complexity index is 408. The summed E-state index contributed by atoms with van der Waals surface area (Å²) >= 11 is 3.38. The molecule has 0 saturated carbocycles. The molecule has 0 aromatic heterocycles. The van der Waals surface area contributed by atoms with Gasteiger partial charge >= 0.3 is 5.97 Å². The van der Waals surface area contributed by atoms with Gasteiger partial charge in [0.05, 0.1) is 23.3 Å². The Balaban J connectivity index is 2.17. The number of carbonyl (C=O) groups is 1. The zero-order valence-electron chi connectivity index (χ0n) is 8.83. The van der Waals surface area contributed by atoms with E-state index in [0.717, 1.165) is 10.2 Å². The second-order valence-electron chi connectivity index (χ2n) is 3.36. The highest BCUT2D eigenvalue weighted by Gasteiger charge is 2.27. The molecule has 16 heavy (non-hydrogen) atoms. The van der Waals surface area contributed by atoms with E-state index in [0.29, 0.717) is 18.9 Å². The Hall–Kier alpha value is -1.23.